The number of rotatable bonds is 6. The topological polar surface area (TPSA) is 132 Å². The molecule has 3 aromatic rings. The number of aryl methyl sites for hydroxylation is 2. The molecule has 199 valence electrons. The summed E-state index contributed by atoms with van der Waals surface area (Å²) < 4.78 is 0. The number of carbonyl (C=O) groups is 2. The van der Waals surface area contributed by atoms with Gasteiger partial charge in [-0.2, -0.15) is 0 Å². The molecule has 0 amide bonds. The second kappa shape index (κ2) is 11.1. The molecule has 0 aromatic carbocycles. The summed E-state index contributed by atoms with van der Waals surface area (Å²) in [4.78, 5) is 39.6. The van der Waals surface area contributed by atoms with E-state index >= 15 is 0 Å². The van der Waals surface area contributed by atoms with Gasteiger partial charge in [-0.1, -0.05) is 0 Å². The van der Waals surface area contributed by atoms with E-state index in [1.54, 1.807) is 0 Å². The summed E-state index contributed by atoms with van der Waals surface area (Å²) in [6.45, 7) is 8.01. The van der Waals surface area contributed by atoms with Gasteiger partial charge in [0, 0.05) is 53.5 Å². The first-order chi connectivity index (χ1) is 18.1. The van der Waals surface area contributed by atoms with Crippen LogP contribution in [0.3, 0.4) is 0 Å². The molecule has 39 heavy (non-hydrogen) atoms. The molecule has 2 aliphatic heterocycles. The minimum Gasteiger partial charge on any atom is -0.481 e. The van der Waals surface area contributed by atoms with Crippen LogP contribution in [0.1, 0.15) is 73.4 Å². The van der Waals surface area contributed by atoms with Crippen molar-refractivity contribution in [3.05, 3.63) is 70.3 Å². The van der Waals surface area contributed by atoms with E-state index in [1.165, 1.54) is 0 Å². The van der Waals surface area contributed by atoms with E-state index in [2.05, 4.69) is 35.1 Å². The number of hydrogen-bond donors (Lipinski definition) is 4. The fourth-order valence-corrected chi connectivity index (χ4v) is 5.10. The smallest absolute Gasteiger partial charge is 0.303 e. The number of H-pyrrole nitrogens is 2. The molecule has 0 spiro atoms. The van der Waals surface area contributed by atoms with Crippen molar-refractivity contribution in [3.8, 4) is 0 Å². The third-order valence-electron chi connectivity index (χ3n) is 7.25. The fraction of sp³-hybridized carbons (Fsp3) is 0.267. The zero-order valence-corrected chi connectivity index (χ0v) is 23.7. The Kier molecular flexibility index (Phi) is 8.00. The van der Waals surface area contributed by atoms with Crippen LogP contribution in [0, 0.1) is 13.8 Å². The van der Waals surface area contributed by atoms with Crippen LogP contribution in [0.25, 0.3) is 44.4 Å². The molecule has 0 aliphatic carbocycles. The predicted octanol–water partition coefficient (Wildman–Crippen LogP) is 6.52. The normalized spacial score (nSPS) is 13.0. The molecule has 9 heteroatoms. The zero-order valence-electron chi connectivity index (χ0n) is 22.3. The first kappa shape index (κ1) is 28.1. The van der Waals surface area contributed by atoms with E-state index in [4.69, 9.17) is 9.97 Å². The van der Waals surface area contributed by atoms with Gasteiger partial charge in [0.05, 0.1) is 22.8 Å². The summed E-state index contributed by atoms with van der Waals surface area (Å²) in [6, 6.07) is 12.1. The van der Waals surface area contributed by atoms with Crippen molar-refractivity contribution >= 4 is 56.3 Å². The van der Waals surface area contributed by atoms with Crippen LogP contribution in [0.4, 0.5) is 0 Å². The molecule has 2 aliphatic rings. The van der Waals surface area contributed by atoms with E-state index in [0.29, 0.717) is 24.2 Å². The minimum atomic E-state index is -0.873. The first-order valence-electron chi connectivity index (χ1n) is 12.6. The monoisotopic (exact) mass is 561 g/mol. The molecule has 5 rings (SSSR count). The molecule has 3 aromatic heterocycles. The number of carboxylic acid groups (broad SMARTS) is 2. The van der Waals surface area contributed by atoms with Crippen molar-refractivity contribution in [3.63, 3.8) is 0 Å². The van der Waals surface area contributed by atoms with Crippen LogP contribution >= 0.6 is 0 Å². The minimum absolute atomic E-state index is 0. The maximum Gasteiger partial charge on any atom is 0.303 e. The van der Waals surface area contributed by atoms with Gasteiger partial charge in [0.15, 0.2) is 0 Å². The van der Waals surface area contributed by atoms with Gasteiger partial charge in [0.25, 0.3) is 0 Å². The Hall–Kier alpha value is -3.88. The van der Waals surface area contributed by atoms with Gasteiger partial charge in [-0.25, -0.2) is 9.97 Å². The van der Waals surface area contributed by atoms with Gasteiger partial charge in [-0.15, -0.1) is 0 Å². The summed E-state index contributed by atoms with van der Waals surface area (Å²) >= 11 is 0. The molecule has 4 N–H and O–H groups in total. The van der Waals surface area contributed by atoms with E-state index < -0.39 is 11.9 Å². The number of fused-ring (bicyclic) bond motifs is 8. The molecule has 8 nitrogen and oxygen atoms in total. The summed E-state index contributed by atoms with van der Waals surface area (Å²) in [6.07, 6.45) is 0.647. The van der Waals surface area contributed by atoms with E-state index in [9.17, 15) is 19.8 Å². The SMILES string of the molecule is CC1=C(CCC(=O)O)c2cc3nc(cc4[nH]c(cc4C)cc4[nH]c(cc1n2)cc4C)C(C)=C3CCC(=O)O.[V]. The molecule has 8 bridgehead atoms. The molecule has 1 radical (unpaired) electrons. The number of hydrogen-bond acceptors (Lipinski definition) is 4. The van der Waals surface area contributed by atoms with Gasteiger partial charge in [-0.3, -0.25) is 9.59 Å². The van der Waals surface area contributed by atoms with Crippen LogP contribution in [0.2, 0.25) is 0 Å². The second-order valence-corrected chi connectivity index (χ2v) is 9.98. The molecular weight excluding hydrogens is 531 g/mol. The molecule has 0 unspecified atom stereocenters. The van der Waals surface area contributed by atoms with E-state index in [-0.39, 0.29) is 31.4 Å². The van der Waals surface area contributed by atoms with Crippen molar-refractivity contribution in [2.45, 2.75) is 53.4 Å². The van der Waals surface area contributed by atoms with Crippen LogP contribution in [-0.4, -0.2) is 42.1 Å². The largest absolute Gasteiger partial charge is 0.481 e. The van der Waals surface area contributed by atoms with Gasteiger partial charge in [0.1, 0.15) is 0 Å². The predicted molar refractivity (Wildman–Crippen MR) is 149 cm³/mol. The van der Waals surface area contributed by atoms with Crippen LogP contribution in [0.15, 0.2) is 36.4 Å². The van der Waals surface area contributed by atoms with E-state index in [1.807, 2.05) is 39.0 Å². The summed E-state index contributed by atoms with van der Waals surface area (Å²) in [5.41, 5.74) is 12.4. The Morgan fingerprint density at radius 1 is 0.641 bits per heavy atom. The Morgan fingerprint density at radius 3 is 1.56 bits per heavy atom. The van der Waals surface area contributed by atoms with E-state index in [0.717, 1.165) is 66.9 Å². The van der Waals surface area contributed by atoms with Crippen molar-refractivity contribution in [2.75, 3.05) is 0 Å². The maximum absolute atomic E-state index is 11.4. The third kappa shape index (κ3) is 5.77. The summed E-state index contributed by atoms with van der Waals surface area (Å²) in [5, 5.41) is 18.7. The van der Waals surface area contributed by atoms with Crippen molar-refractivity contribution < 1.29 is 38.4 Å². The standard InChI is InChI=1S/C30H30N4O4.V/c1-15-9-20-12-25-17(3)21(5-7-29(35)36)27(33-25)14-28-22(6-8-30(37)38)18(4)26(34-28)13-24-16(2)10-19(32-24)11-23(15)31-20;/h9-14,31-32H,5-8H2,1-4H3,(H,35,36)(H,37,38);. The van der Waals surface area contributed by atoms with Crippen molar-refractivity contribution in [1.29, 1.82) is 0 Å². The Bertz CT molecular complexity index is 1730. The average molecular weight is 562 g/mol. The molecule has 0 fully saturated rings. The fourth-order valence-electron chi connectivity index (χ4n) is 5.10. The van der Waals surface area contributed by atoms with Gasteiger partial charge in [0.2, 0.25) is 0 Å². The third-order valence-corrected chi connectivity index (χ3v) is 7.25. The molecule has 0 saturated heterocycles. The molecule has 5 heterocycles. The quantitative estimate of drug-likeness (QED) is 0.271. The molecular formula is C30H30N4O4V. The maximum atomic E-state index is 11.4. The second-order valence-electron chi connectivity index (χ2n) is 9.98. The number of carboxylic acids is 2. The number of nitrogens with one attached hydrogen (secondary N) is 2. The molecule has 0 atom stereocenters. The summed E-state index contributed by atoms with van der Waals surface area (Å²) in [5.74, 6) is -1.75. The van der Waals surface area contributed by atoms with Crippen LogP contribution < -0.4 is 0 Å². The Balaban J connectivity index is 0.00000353. The van der Waals surface area contributed by atoms with Crippen LogP contribution in [0.5, 0.6) is 0 Å². The average Bonchev–Trinajstić information content (AvgIpc) is 3.53. The van der Waals surface area contributed by atoms with Gasteiger partial charge < -0.3 is 20.2 Å². The number of aliphatic carboxylic acids is 2. The zero-order chi connectivity index (χ0) is 27.1. The van der Waals surface area contributed by atoms with Crippen molar-refractivity contribution in [1.82, 2.24) is 19.9 Å². The number of allylic oxidation sites excluding steroid dienone is 4. The molecule has 0 saturated carbocycles. The van der Waals surface area contributed by atoms with Crippen molar-refractivity contribution in [2.24, 2.45) is 0 Å². The van der Waals surface area contributed by atoms with Gasteiger partial charge >= 0.3 is 11.9 Å². The first-order valence-corrected chi connectivity index (χ1v) is 12.6. The summed E-state index contributed by atoms with van der Waals surface area (Å²) in [7, 11) is 0. The number of nitrogens with zero attached hydrogens (tertiary/aromatic N) is 2. The number of aromatic nitrogens is 4. The Labute approximate surface area is 237 Å². The van der Waals surface area contributed by atoms with Crippen LogP contribution in [-0.2, 0) is 28.1 Å². The number of aromatic amines is 2. The van der Waals surface area contributed by atoms with Gasteiger partial charge in [-0.05, 0) is 110 Å². The Morgan fingerprint density at radius 2 is 1.08 bits per heavy atom.